The number of rotatable bonds is 7. The number of hydrogen-bond donors (Lipinski definition) is 1. The molecule has 7 heteroatoms. The molecule has 0 spiro atoms. The molecule has 0 amide bonds. The summed E-state index contributed by atoms with van der Waals surface area (Å²) in [7, 11) is -6.74. The highest BCUT2D eigenvalue weighted by atomic mass is 32.2. The fourth-order valence-electron chi connectivity index (χ4n) is 2.35. The van der Waals surface area contributed by atoms with E-state index in [1.165, 1.54) is 0 Å². The van der Waals surface area contributed by atoms with Crippen molar-refractivity contribution in [2.75, 3.05) is 5.75 Å². The Balaban J connectivity index is 2.63. The van der Waals surface area contributed by atoms with Crippen LogP contribution in [0.2, 0.25) is 0 Å². The maximum absolute atomic E-state index is 11.8. The third kappa shape index (κ3) is 4.40. The summed E-state index contributed by atoms with van der Waals surface area (Å²) in [6.45, 7) is 4.95. The molecule has 2 atom stereocenters. The van der Waals surface area contributed by atoms with E-state index in [4.69, 9.17) is 5.14 Å². The molecule has 0 saturated carbocycles. The average Bonchev–Trinajstić information content (AvgIpc) is 2.35. The van der Waals surface area contributed by atoms with Crippen molar-refractivity contribution in [2.45, 2.75) is 50.0 Å². The summed E-state index contributed by atoms with van der Waals surface area (Å²) in [5.41, 5.74) is 0. The second-order valence-corrected chi connectivity index (χ2v) is 10.6. The summed E-state index contributed by atoms with van der Waals surface area (Å²) in [5.74, 6) is -0.0810. The van der Waals surface area contributed by atoms with Crippen molar-refractivity contribution in [3.63, 3.8) is 0 Å². The van der Waals surface area contributed by atoms with Crippen LogP contribution in [0.3, 0.4) is 0 Å². The smallest absolute Gasteiger partial charge is 0.218 e. The van der Waals surface area contributed by atoms with Crippen molar-refractivity contribution < 1.29 is 16.8 Å². The van der Waals surface area contributed by atoms with E-state index in [-0.39, 0.29) is 16.9 Å². The van der Waals surface area contributed by atoms with Crippen LogP contribution in [-0.2, 0) is 19.9 Å². The third-order valence-corrected chi connectivity index (χ3v) is 8.10. The van der Waals surface area contributed by atoms with Crippen LogP contribution in [0.1, 0.15) is 40.0 Å². The minimum Gasteiger partial charge on any atom is -0.229 e. The molecule has 5 nitrogen and oxygen atoms in total. The highest BCUT2D eigenvalue weighted by Gasteiger charge is 2.41. The largest absolute Gasteiger partial charge is 0.229 e. The first-order valence-corrected chi connectivity index (χ1v) is 10.4. The van der Waals surface area contributed by atoms with Gasteiger partial charge in [0, 0.05) is 5.92 Å². The topological polar surface area (TPSA) is 94.3 Å². The molecular weight excluding hydrogens is 310 g/mol. The Kier molecular flexibility index (Phi) is 5.80. The van der Waals surface area contributed by atoms with Gasteiger partial charge in [0.2, 0.25) is 10.0 Å². The van der Waals surface area contributed by atoms with Crippen molar-refractivity contribution in [1.29, 1.82) is 0 Å². The quantitative estimate of drug-likeness (QED) is 0.717. The maximum Gasteiger partial charge on any atom is 0.218 e. The van der Waals surface area contributed by atoms with Crippen LogP contribution in [0.4, 0.5) is 0 Å². The molecule has 1 unspecified atom stereocenters. The highest BCUT2D eigenvalue weighted by molar-refractivity contribution is 7.92. The number of allylic oxidation sites excluding steroid dienone is 3. The molecule has 0 bridgehead atoms. The summed E-state index contributed by atoms with van der Waals surface area (Å²) >= 11 is 0. The molecule has 0 heterocycles. The monoisotopic (exact) mass is 335 g/mol. The fourth-order valence-corrected chi connectivity index (χ4v) is 4.32. The van der Waals surface area contributed by atoms with E-state index in [1.54, 1.807) is 32.9 Å². The molecule has 0 aromatic rings. The summed E-state index contributed by atoms with van der Waals surface area (Å²) < 4.78 is 45.9. The Morgan fingerprint density at radius 2 is 1.76 bits per heavy atom. The molecule has 0 aliphatic heterocycles. The fraction of sp³-hybridized carbons (Fsp3) is 0.714. The standard InChI is InChI=1S/C14H25NO4S2/c1-12(2)20(16,17)11-7-5-9-13-8-4-6-10-14(13,3)21(15,18)19/h4,6,8,10,12-13H,5,7,9,11H2,1-3H3,(H2,15,18,19)/t13?,14-/m1/s1. The zero-order chi connectivity index (χ0) is 16.3. The Bertz CT molecular complexity index is 617. The van der Waals surface area contributed by atoms with Crippen LogP contribution < -0.4 is 5.14 Å². The van der Waals surface area contributed by atoms with Gasteiger partial charge in [0.25, 0.3) is 0 Å². The predicted octanol–water partition coefficient (Wildman–Crippen LogP) is 1.77. The molecule has 1 aliphatic carbocycles. The molecular formula is C14H25NO4S2. The summed E-state index contributed by atoms with van der Waals surface area (Å²) in [6.07, 6.45) is 8.72. The van der Waals surface area contributed by atoms with Crippen LogP contribution in [0.15, 0.2) is 24.3 Å². The lowest BCUT2D eigenvalue weighted by Gasteiger charge is -2.33. The summed E-state index contributed by atoms with van der Waals surface area (Å²) in [6, 6.07) is 0. The molecule has 0 aromatic carbocycles. The van der Waals surface area contributed by atoms with Crippen molar-refractivity contribution >= 4 is 19.9 Å². The van der Waals surface area contributed by atoms with Gasteiger partial charge in [-0.05, 0) is 33.6 Å². The lowest BCUT2D eigenvalue weighted by atomic mass is 9.85. The first-order valence-electron chi connectivity index (χ1n) is 7.10. The Morgan fingerprint density at radius 1 is 1.14 bits per heavy atom. The van der Waals surface area contributed by atoms with Crippen molar-refractivity contribution in [2.24, 2.45) is 11.1 Å². The molecule has 0 saturated heterocycles. The van der Waals surface area contributed by atoms with Gasteiger partial charge in [-0.15, -0.1) is 0 Å². The SMILES string of the molecule is CC(C)S(=O)(=O)CCCCC1C=CC=C[C@@]1(C)S(N)(=O)=O. The molecule has 0 radical (unpaired) electrons. The van der Waals surface area contributed by atoms with Crippen LogP contribution in [0.5, 0.6) is 0 Å². The second-order valence-electron chi connectivity index (χ2n) is 5.99. The third-order valence-electron chi connectivity index (χ3n) is 4.14. The van der Waals surface area contributed by atoms with Gasteiger partial charge in [-0.1, -0.05) is 30.7 Å². The number of sulfonamides is 1. The van der Waals surface area contributed by atoms with Crippen LogP contribution in [0.25, 0.3) is 0 Å². The van der Waals surface area contributed by atoms with Gasteiger partial charge >= 0.3 is 0 Å². The summed E-state index contributed by atoms with van der Waals surface area (Å²) in [5, 5.41) is 4.97. The zero-order valence-corrected chi connectivity index (χ0v) is 14.5. The van der Waals surface area contributed by atoms with Gasteiger partial charge in [0.1, 0.15) is 4.75 Å². The number of nitrogens with two attached hydrogens (primary N) is 1. The molecule has 0 aromatic heterocycles. The van der Waals surface area contributed by atoms with Gasteiger partial charge in [-0.3, -0.25) is 0 Å². The van der Waals surface area contributed by atoms with Gasteiger partial charge in [0.05, 0.1) is 11.0 Å². The predicted molar refractivity (Wildman–Crippen MR) is 86.1 cm³/mol. The van der Waals surface area contributed by atoms with Gasteiger partial charge in [0.15, 0.2) is 9.84 Å². The Hall–Kier alpha value is -0.660. The van der Waals surface area contributed by atoms with E-state index in [0.717, 1.165) is 0 Å². The van der Waals surface area contributed by atoms with Crippen molar-refractivity contribution in [1.82, 2.24) is 0 Å². The van der Waals surface area contributed by atoms with E-state index >= 15 is 0 Å². The lowest BCUT2D eigenvalue weighted by molar-refractivity contribution is 0.452. The van der Waals surface area contributed by atoms with Crippen LogP contribution in [0, 0.1) is 5.92 Å². The zero-order valence-electron chi connectivity index (χ0n) is 12.8. The first-order chi connectivity index (χ1) is 9.51. The van der Waals surface area contributed by atoms with E-state index in [0.29, 0.717) is 19.3 Å². The van der Waals surface area contributed by atoms with Gasteiger partial charge in [-0.25, -0.2) is 22.0 Å². The van der Waals surface area contributed by atoms with Crippen LogP contribution in [-0.4, -0.2) is 32.6 Å². The average molecular weight is 335 g/mol. The lowest BCUT2D eigenvalue weighted by Crippen LogP contribution is -2.45. The maximum atomic E-state index is 11.8. The number of sulfone groups is 1. The van der Waals surface area contributed by atoms with E-state index in [9.17, 15) is 16.8 Å². The normalized spacial score (nSPS) is 26.4. The van der Waals surface area contributed by atoms with Crippen molar-refractivity contribution in [3.8, 4) is 0 Å². The molecule has 1 aliphatic rings. The minimum atomic E-state index is -3.71. The number of unbranched alkanes of at least 4 members (excludes halogenated alkanes) is 1. The molecule has 1 rings (SSSR count). The van der Waals surface area contributed by atoms with Crippen molar-refractivity contribution in [3.05, 3.63) is 24.3 Å². The first kappa shape index (κ1) is 18.4. The highest BCUT2D eigenvalue weighted by Crippen LogP contribution is 2.34. The number of hydrogen-bond acceptors (Lipinski definition) is 4. The summed E-state index contributed by atoms with van der Waals surface area (Å²) in [4.78, 5) is 0. The molecule has 2 N–H and O–H groups in total. The molecule has 21 heavy (non-hydrogen) atoms. The van der Waals surface area contributed by atoms with E-state index in [2.05, 4.69) is 0 Å². The Labute approximate surface area is 128 Å². The van der Waals surface area contributed by atoms with Gasteiger partial charge in [-0.2, -0.15) is 0 Å². The molecule has 122 valence electrons. The number of primary sulfonamides is 1. The second kappa shape index (κ2) is 6.62. The van der Waals surface area contributed by atoms with Crippen LogP contribution >= 0.6 is 0 Å². The molecule has 0 fully saturated rings. The van der Waals surface area contributed by atoms with E-state index < -0.39 is 24.6 Å². The Morgan fingerprint density at radius 3 is 2.29 bits per heavy atom. The minimum absolute atomic E-state index is 0.142. The van der Waals surface area contributed by atoms with E-state index in [1.807, 2.05) is 12.2 Å². The van der Waals surface area contributed by atoms with Gasteiger partial charge < -0.3 is 0 Å².